The standard InChI is InChI=1S/C11H10FN3OS/c1-7(16)6-17-11-13-10(14-15-11)8-4-2-3-5-9(8)12/h2-5H,6H2,1H3,(H,13,14,15). The molecule has 17 heavy (non-hydrogen) atoms. The summed E-state index contributed by atoms with van der Waals surface area (Å²) < 4.78 is 13.4. The zero-order valence-electron chi connectivity index (χ0n) is 9.11. The molecule has 0 saturated heterocycles. The monoisotopic (exact) mass is 251 g/mol. The Bertz CT molecular complexity index is 541. The van der Waals surface area contributed by atoms with Crippen LogP contribution in [-0.4, -0.2) is 26.7 Å². The second kappa shape index (κ2) is 5.09. The number of rotatable bonds is 4. The summed E-state index contributed by atoms with van der Waals surface area (Å²) in [6.45, 7) is 1.50. The molecule has 0 unspecified atom stereocenters. The zero-order chi connectivity index (χ0) is 12.3. The summed E-state index contributed by atoms with van der Waals surface area (Å²) in [5.74, 6) is 0.377. The van der Waals surface area contributed by atoms with E-state index >= 15 is 0 Å². The minimum atomic E-state index is -0.355. The van der Waals surface area contributed by atoms with Crippen LogP contribution in [0.1, 0.15) is 6.92 Å². The molecule has 0 aliphatic rings. The van der Waals surface area contributed by atoms with Crippen molar-refractivity contribution in [3.63, 3.8) is 0 Å². The second-order valence-electron chi connectivity index (χ2n) is 3.44. The van der Waals surface area contributed by atoms with Gasteiger partial charge in [0.05, 0.1) is 11.3 Å². The molecule has 1 N–H and O–H groups in total. The third-order valence-corrected chi connectivity index (χ3v) is 2.99. The van der Waals surface area contributed by atoms with E-state index in [1.54, 1.807) is 18.2 Å². The van der Waals surface area contributed by atoms with Crippen LogP contribution < -0.4 is 0 Å². The van der Waals surface area contributed by atoms with Gasteiger partial charge in [0.15, 0.2) is 5.82 Å². The molecular formula is C11H10FN3OS. The number of carbonyl (C=O) groups excluding carboxylic acids is 1. The fourth-order valence-corrected chi connectivity index (χ4v) is 1.85. The molecule has 0 atom stereocenters. The normalized spacial score (nSPS) is 10.5. The van der Waals surface area contributed by atoms with E-state index in [4.69, 9.17) is 0 Å². The van der Waals surface area contributed by atoms with E-state index in [-0.39, 0.29) is 11.6 Å². The Morgan fingerprint density at radius 2 is 2.24 bits per heavy atom. The Morgan fingerprint density at radius 1 is 1.47 bits per heavy atom. The van der Waals surface area contributed by atoms with Crippen LogP contribution in [0.25, 0.3) is 11.4 Å². The third-order valence-electron chi connectivity index (χ3n) is 2.00. The van der Waals surface area contributed by atoms with E-state index in [0.29, 0.717) is 22.3 Å². The van der Waals surface area contributed by atoms with Gasteiger partial charge in [-0.1, -0.05) is 23.9 Å². The molecule has 0 radical (unpaired) electrons. The van der Waals surface area contributed by atoms with Crippen LogP contribution in [0.5, 0.6) is 0 Å². The number of H-pyrrole nitrogens is 1. The number of aromatic nitrogens is 3. The summed E-state index contributed by atoms with van der Waals surface area (Å²) in [5.41, 5.74) is 0.370. The topological polar surface area (TPSA) is 58.6 Å². The number of hydrogen-bond acceptors (Lipinski definition) is 4. The lowest BCUT2D eigenvalue weighted by atomic mass is 10.2. The van der Waals surface area contributed by atoms with Crippen molar-refractivity contribution >= 4 is 17.5 Å². The van der Waals surface area contributed by atoms with Gasteiger partial charge in [-0.2, -0.15) is 0 Å². The van der Waals surface area contributed by atoms with Gasteiger partial charge in [-0.05, 0) is 19.1 Å². The zero-order valence-corrected chi connectivity index (χ0v) is 9.92. The number of halogens is 1. The predicted molar refractivity (Wildman–Crippen MR) is 63.2 cm³/mol. The number of hydrogen-bond donors (Lipinski definition) is 1. The van der Waals surface area contributed by atoms with Crippen molar-refractivity contribution in [3.8, 4) is 11.4 Å². The minimum Gasteiger partial charge on any atom is -0.299 e. The Hall–Kier alpha value is -1.69. The highest BCUT2D eigenvalue weighted by Gasteiger charge is 2.10. The van der Waals surface area contributed by atoms with Crippen LogP contribution in [0.15, 0.2) is 29.4 Å². The van der Waals surface area contributed by atoms with Gasteiger partial charge in [0.1, 0.15) is 11.6 Å². The van der Waals surface area contributed by atoms with Crippen molar-refractivity contribution in [1.29, 1.82) is 0 Å². The first-order chi connectivity index (χ1) is 8.16. The van der Waals surface area contributed by atoms with Crippen molar-refractivity contribution < 1.29 is 9.18 Å². The molecule has 0 saturated carbocycles. The lowest BCUT2D eigenvalue weighted by Crippen LogP contribution is -1.93. The van der Waals surface area contributed by atoms with Crippen LogP contribution in [0.4, 0.5) is 4.39 Å². The van der Waals surface area contributed by atoms with Gasteiger partial charge in [0.25, 0.3) is 0 Å². The summed E-state index contributed by atoms with van der Waals surface area (Å²) in [6, 6.07) is 6.32. The lowest BCUT2D eigenvalue weighted by Gasteiger charge is -1.96. The molecule has 0 spiro atoms. The second-order valence-corrected chi connectivity index (χ2v) is 4.38. The van der Waals surface area contributed by atoms with Crippen LogP contribution in [0.3, 0.4) is 0 Å². The number of aromatic amines is 1. The van der Waals surface area contributed by atoms with Gasteiger partial charge in [0, 0.05) is 0 Å². The summed E-state index contributed by atoms with van der Waals surface area (Å²) in [7, 11) is 0. The Morgan fingerprint density at radius 3 is 2.94 bits per heavy atom. The highest BCUT2D eigenvalue weighted by atomic mass is 32.2. The molecule has 2 rings (SSSR count). The van der Waals surface area contributed by atoms with E-state index in [1.165, 1.54) is 24.8 Å². The molecule has 4 nitrogen and oxygen atoms in total. The van der Waals surface area contributed by atoms with Crippen molar-refractivity contribution in [3.05, 3.63) is 30.1 Å². The van der Waals surface area contributed by atoms with E-state index in [0.717, 1.165) is 0 Å². The van der Waals surface area contributed by atoms with Crippen molar-refractivity contribution in [2.24, 2.45) is 0 Å². The molecule has 88 valence electrons. The van der Waals surface area contributed by atoms with Crippen LogP contribution in [0, 0.1) is 5.82 Å². The number of ketones is 1. The highest BCUT2D eigenvalue weighted by Crippen LogP contribution is 2.21. The maximum atomic E-state index is 13.4. The molecule has 0 aliphatic carbocycles. The Balaban J connectivity index is 2.18. The Kier molecular flexibility index (Phi) is 3.53. The molecule has 1 aromatic heterocycles. The van der Waals surface area contributed by atoms with Gasteiger partial charge in [0.2, 0.25) is 5.16 Å². The smallest absolute Gasteiger partial charge is 0.209 e. The first kappa shape index (κ1) is 11.8. The average Bonchev–Trinajstić information content (AvgIpc) is 2.75. The van der Waals surface area contributed by atoms with Crippen molar-refractivity contribution in [2.45, 2.75) is 12.1 Å². The molecule has 0 fully saturated rings. The van der Waals surface area contributed by atoms with Gasteiger partial charge < -0.3 is 0 Å². The fourth-order valence-electron chi connectivity index (χ4n) is 1.25. The number of nitrogens with zero attached hydrogens (tertiary/aromatic N) is 2. The maximum Gasteiger partial charge on any atom is 0.209 e. The third kappa shape index (κ3) is 2.91. The van der Waals surface area contributed by atoms with Gasteiger partial charge in [-0.15, -0.1) is 5.10 Å². The van der Waals surface area contributed by atoms with Gasteiger partial charge in [-0.25, -0.2) is 9.37 Å². The first-order valence-electron chi connectivity index (χ1n) is 4.96. The molecule has 0 amide bonds. The average molecular weight is 251 g/mol. The summed E-state index contributed by atoms with van der Waals surface area (Å²) in [6.07, 6.45) is 0. The van der Waals surface area contributed by atoms with E-state index in [1.807, 2.05) is 0 Å². The molecule has 6 heteroatoms. The van der Waals surface area contributed by atoms with Gasteiger partial charge >= 0.3 is 0 Å². The largest absolute Gasteiger partial charge is 0.299 e. The van der Waals surface area contributed by atoms with Crippen LogP contribution in [-0.2, 0) is 4.79 Å². The number of Topliss-reactive ketones (excluding diaryl/α,β-unsaturated/α-hetero) is 1. The predicted octanol–water partition coefficient (Wildman–Crippen LogP) is 2.29. The minimum absolute atomic E-state index is 0.0484. The quantitative estimate of drug-likeness (QED) is 0.847. The number of thioether (sulfide) groups is 1. The van der Waals surface area contributed by atoms with Crippen LogP contribution in [0.2, 0.25) is 0 Å². The maximum absolute atomic E-state index is 13.4. The molecule has 1 heterocycles. The molecular weight excluding hydrogens is 241 g/mol. The summed E-state index contributed by atoms with van der Waals surface area (Å²) in [5, 5.41) is 7.01. The molecule has 0 bridgehead atoms. The number of carbonyl (C=O) groups is 1. The van der Waals surface area contributed by atoms with Crippen molar-refractivity contribution in [2.75, 3.05) is 5.75 Å². The lowest BCUT2D eigenvalue weighted by molar-refractivity contribution is -0.114. The summed E-state index contributed by atoms with van der Waals surface area (Å²) in [4.78, 5) is 14.9. The summed E-state index contributed by atoms with van der Waals surface area (Å²) >= 11 is 1.22. The SMILES string of the molecule is CC(=O)CSc1n[nH]c(-c2ccccc2F)n1. The highest BCUT2D eigenvalue weighted by molar-refractivity contribution is 7.99. The van der Waals surface area contributed by atoms with Crippen molar-refractivity contribution in [1.82, 2.24) is 15.2 Å². The van der Waals surface area contributed by atoms with E-state index in [9.17, 15) is 9.18 Å². The Labute approximate surface area is 102 Å². The fraction of sp³-hybridized carbons (Fsp3) is 0.182. The molecule has 1 aromatic carbocycles. The molecule has 0 aliphatic heterocycles. The van der Waals surface area contributed by atoms with Crippen LogP contribution >= 0.6 is 11.8 Å². The number of benzene rings is 1. The van der Waals surface area contributed by atoms with E-state index in [2.05, 4.69) is 15.2 Å². The number of nitrogens with one attached hydrogen (secondary N) is 1. The van der Waals surface area contributed by atoms with E-state index < -0.39 is 0 Å². The first-order valence-corrected chi connectivity index (χ1v) is 5.95. The van der Waals surface area contributed by atoms with Gasteiger partial charge in [-0.3, -0.25) is 9.89 Å². The molecule has 2 aromatic rings.